The van der Waals surface area contributed by atoms with E-state index in [9.17, 15) is 0 Å². The van der Waals surface area contributed by atoms with Gasteiger partial charge in [0, 0.05) is 23.8 Å². The first-order chi connectivity index (χ1) is 9.70. The number of hydrogen-bond donors (Lipinski definition) is 0. The van der Waals surface area contributed by atoms with Crippen molar-refractivity contribution in [3.8, 4) is 11.1 Å². The smallest absolute Gasteiger partial charge is 0.0568 e. The van der Waals surface area contributed by atoms with E-state index in [0.717, 1.165) is 10.6 Å². The summed E-state index contributed by atoms with van der Waals surface area (Å²) < 4.78 is 1.83. The van der Waals surface area contributed by atoms with Crippen LogP contribution in [0.4, 0.5) is 0 Å². The van der Waals surface area contributed by atoms with Crippen molar-refractivity contribution in [2.45, 2.75) is 40.5 Å². The van der Waals surface area contributed by atoms with Crippen molar-refractivity contribution in [2.75, 3.05) is 0 Å². The zero-order valence-electron chi connectivity index (χ0n) is 13.8. The van der Waals surface area contributed by atoms with Crippen LogP contribution in [0.2, 0.25) is 5.02 Å². The number of benzene rings is 1. The van der Waals surface area contributed by atoms with Crippen molar-refractivity contribution in [3.05, 3.63) is 41.2 Å². The number of hydrogen-bond acceptors (Lipinski definition) is 1. The summed E-state index contributed by atoms with van der Waals surface area (Å²) in [7, 11) is 1.94. The van der Waals surface area contributed by atoms with Gasteiger partial charge in [-0.1, -0.05) is 52.3 Å². The molecule has 0 amide bonds. The second-order valence-electron chi connectivity index (χ2n) is 7.23. The maximum absolute atomic E-state index is 6.51. The van der Waals surface area contributed by atoms with Gasteiger partial charge in [0.2, 0.25) is 0 Å². The van der Waals surface area contributed by atoms with E-state index in [1.807, 2.05) is 30.2 Å². The van der Waals surface area contributed by atoms with E-state index in [4.69, 9.17) is 11.6 Å². The molecule has 0 aliphatic carbocycles. The molecule has 2 aromatic rings. The molecule has 0 N–H and O–H groups in total. The van der Waals surface area contributed by atoms with Crippen LogP contribution in [-0.4, -0.2) is 9.78 Å². The van der Waals surface area contributed by atoms with Gasteiger partial charge < -0.3 is 0 Å². The highest BCUT2D eigenvalue weighted by atomic mass is 35.5. The fraction of sp³-hybridized carbons (Fsp3) is 0.500. The summed E-state index contributed by atoms with van der Waals surface area (Å²) in [5.41, 5.74) is 3.72. The first-order valence-electron chi connectivity index (χ1n) is 7.48. The molecule has 0 saturated heterocycles. The van der Waals surface area contributed by atoms with Gasteiger partial charge in [-0.05, 0) is 40.5 Å². The minimum atomic E-state index is 0.172. The molecule has 0 bridgehead atoms. The Balaban J connectivity index is 2.53. The minimum absolute atomic E-state index is 0.172. The summed E-state index contributed by atoms with van der Waals surface area (Å²) >= 11 is 6.51. The Morgan fingerprint density at radius 2 is 1.81 bits per heavy atom. The van der Waals surface area contributed by atoms with Crippen LogP contribution in [0.3, 0.4) is 0 Å². The molecular formula is C18H25ClN2. The van der Waals surface area contributed by atoms with Crippen LogP contribution >= 0.6 is 11.6 Å². The molecule has 2 nitrogen and oxygen atoms in total. The van der Waals surface area contributed by atoms with E-state index in [1.54, 1.807) is 0 Å². The molecule has 0 saturated carbocycles. The van der Waals surface area contributed by atoms with Crippen LogP contribution in [0.5, 0.6) is 0 Å². The lowest BCUT2D eigenvalue weighted by atomic mass is 9.70. The molecule has 21 heavy (non-hydrogen) atoms. The minimum Gasteiger partial charge on any atom is -0.275 e. The summed E-state index contributed by atoms with van der Waals surface area (Å²) in [5.74, 6) is 0.952. The van der Waals surface area contributed by atoms with E-state index in [0.29, 0.717) is 11.8 Å². The van der Waals surface area contributed by atoms with Gasteiger partial charge in [-0.2, -0.15) is 5.10 Å². The van der Waals surface area contributed by atoms with E-state index < -0.39 is 0 Å². The highest BCUT2D eigenvalue weighted by Crippen LogP contribution is 2.44. The maximum Gasteiger partial charge on any atom is 0.0568 e. The number of aryl methyl sites for hydroxylation is 1. The Morgan fingerprint density at radius 1 is 1.14 bits per heavy atom. The van der Waals surface area contributed by atoms with E-state index in [-0.39, 0.29) is 5.41 Å². The van der Waals surface area contributed by atoms with Crippen LogP contribution in [0.15, 0.2) is 30.6 Å². The highest BCUT2D eigenvalue weighted by Gasteiger charge is 2.30. The quantitative estimate of drug-likeness (QED) is 0.729. The third-order valence-corrected chi connectivity index (χ3v) is 4.31. The monoisotopic (exact) mass is 304 g/mol. The predicted molar refractivity (Wildman–Crippen MR) is 90.7 cm³/mol. The second-order valence-corrected chi connectivity index (χ2v) is 7.63. The first kappa shape index (κ1) is 16.1. The van der Waals surface area contributed by atoms with Gasteiger partial charge in [-0.25, -0.2) is 0 Å². The SMILES string of the molecule is CC(C)C(c1cc(-c2cnn(C)c2)ccc1Cl)C(C)(C)C. The van der Waals surface area contributed by atoms with Gasteiger partial charge in [-0.15, -0.1) is 0 Å². The van der Waals surface area contributed by atoms with E-state index >= 15 is 0 Å². The van der Waals surface area contributed by atoms with Gasteiger partial charge in [0.15, 0.2) is 0 Å². The lowest BCUT2D eigenvalue weighted by Gasteiger charge is -2.35. The van der Waals surface area contributed by atoms with Crippen LogP contribution in [0.1, 0.15) is 46.1 Å². The van der Waals surface area contributed by atoms with Crippen molar-refractivity contribution in [1.82, 2.24) is 9.78 Å². The first-order valence-corrected chi connectivity index (χ1v) is 7.86. The summed E-state index contributed by atoms with van der Waals surface area (Å²) in [4.78, 5) is 0. The molecule has 114 valence electrons. The third kappa shape index (κ3) is 3.49. The molecular weight excluding hydrogens is 280 g/mol. The van der Waals surface area contributed by atoms with Gasteiger partial charge in [-0.3, -0.25) is 4.68 Å². The van der Waals surface area contributed by atoms with E-state index in [2.05, 4.69) is 51.9 Å². The molecule has 1 heterocycles. The zero-order valence-corrected chi connectivity index (χ0v) is 14.6. The Labute approximate surface area is 133 Å². The molecule has 1 aromatic carbocycles. The lowest BCUT2D eigenvalue weighted by molar-refractivity contribution is 0.258. The number of rotatable bonds is 3. The largest absolute Gasteiger partial charge is 0.275 e. The molecule has 0 fully saturated rings. The Kier molecular flexibility index (Phi) is 4.48. The summed E-state index contributed by atoms with van der Waals surface area (Å²) in [6.07, 6.45) is 3.93. The third-order valence-electron chi connectivity index (χ3n) is 3.97. The number of halogens is 1. The normalized spacial score (nSPS) is 13.7. The van der Waals surface area contributed by atoms with Crippen LogP contribution < -0.4 is 0 Å². The Bertz CT molecular complexity index is 620. The van der Waals surface area contributed by atoms with Crippen LogP contribution in [0.25, 0.3) is 11.1 Å². The molecule has 1 unspecified atom stereocenters. The fourth-order valence-corrected chi connectivity index (χ4v) is 3.59. The zero-order chi connectivity index (χ0) is 15.8. The van der Waals surface area contributed by atoms with Gasteiger partial charge in [0.05, 0.1) is 6.20 Å². The topological polar surface area (TPSA) is 17.8 Å². The van der Waals surface area contributed by atoms with Gasteiger partial charge in [0.25, 0.3) is 0 Å². The Morgan fingerprint density at radius 3 is 2.29 bits per heavy atom. The van der Waals surface area contributed by atoms with Crippen molar-refractivity contribution >= 4 is 11.6 Å². The summed E-state index contributed by atoms with van der Waals surface area (Å²) in [6, 6.07) is 6.32. The average molecular weight is 305 g/mol. The number of aromatic nitrogens is 2. The molecule has 1 aromatic heterocycles. The van der Waals surface area contributed by atoms with E-state index in [1.165, 1.54) is 11.1 Å². The van der Waals surface area contributed by atoms with Gasteiger partial charge in [0.1, 0.15) is 0 Å². The maximum atomic E-state index is 6.51. The van der Waals surface area contributed by atoms with Crippen molar-refractivity contribution in [1.29, 1.82) is 0 Å². The molecule has 3 heteroatoms. The highest BCUT2D eigenvalue weighted by molar-refractivity contribution is 6.31. The van der Waals surface area contributed by atoms with Crippen molar-refractivity contribution < 1.29 is 0 Å². The summed E-state index contributed by atoms with van der Waals surface area (Å²) in [5, 5.41) is 5.12. The average Bonchev–Trinajstić information content (AvgIpc) is 2.76. The van der Waals surface area contributed by atoms with Crippen LogP contribution in [-0.2, 0) is 7.05 Å². The van der Waals surface area contributed by atoms with Crippen LogP contribution in [0, 0.1) is 11.3 Å². The molecule has 0 aliphatic rings. The number of nitrogens with zero attached hydrogens (tertiary/aromatic N) is 2. The second kappa shape index (κ2) is 5.84. The summed E-state index contributed by atoms with van der Waals surface area (Å²) in [6.45, 7) is 11.4. The fourth-order valence-electron chi connectivity index (χ4n) is 3.36. The van der Waals surface area contributed by atoms with Gasteiger partial charge >= 0.3 is 0 Å². The molecule has 2 rings (SSSR count). The Hall–Kier alpha value is -1.28. The molecule has 0 radical (unpaired) electrons. The van der Waals surface area contributed by atoms with Crippen molar-refractivity contribution in [2.24, 2.45) is 18.4 Å². The standard InChI is InChI=1S/C18H25ClN2/c1-12(2)17(18(3,4)5)15-9-13(7-8-16(15)19)14-10-20-21(6)11-14/h7-12,17H,1-6H3. The molecule has 0 spiro atoms. The predicted octanol–water partition coefficient (Wildman–Crippen LogP) is 5.53. The lowest BCUT2D eigenvalue weighted by Crippen LogP contribution is -2.23. The molecule has 1 atom stereocenters. The van der Waals surface area contributed by atoms with Crippen molar-refractivity contribution in [3.63, 3.8) is 0 Å². The molecule has 0 aliphatic heterocycles.